The van der Waals surface area contributed by atoms with Crippen LogP contribution in [0.4, 0.5) is 9.18 Å². The van der Waals surface area contributed by atoms with E-state index in [2.05, 4.69) is 64.8 Å². The number of nitriles is 1. The average Bonchev–Trinajstić information content (AvgIpc) is 3.64. The number of likely N-dealkylation sites (tertiary alicyclic amines) is 1. The molecule has 12 heteroatoms. The molecule has 1 aromatic carbocycles. The van der Waals surface area contributed by atoms with Crippen LogP contribution in [0, 0.1) is 40.3 Å². The molecule has 8 atom stereocenters. The minimum Gasteiger partial charge on any atom is -0.447 e. The minimum absolute atomic E-state index is 0.0108. The highest BCUT2D eigenvalue weighted by atomic mass is 19.1. The first-order valence-corrected chi connectivity index (χ1v) is 19.5. The van der Waals surface area contributed by atoms with E-state index in [4.69, 9.17) is 18.8 Å². The smallest absolute Gasteiger partial charge is 0.447 e. The molecule has 3 saturated heterocycles. The molecule has 6 fully saturated rings. The number of ether oxygens (including phenoxy) is 2. The maximum atomic E-state index is 13.6. The van der Waals surface area contributed by atoms with Crippen molar-refractivity contribution in [3.63, 3.8) is 0 Å². The standard InChI is InChI=1S/C32H45BFN3O5.C8H17NO/c1-7-8-24-13-14-31(5,37(24)28(38)20(2)18-35)19-40-29(39)36-27(15-21-9-11-23(34)12-10-21)33-41-26-17-22-16-25(30(22,3)4)32(26,6)42-33;1-8(2,3)9-4-6-10-7-5-9/h9-12,20,22,24-27H,7-8,13-17,19H2,1-6H3,(H,36,39);4-7H2,1-3H3/t20?,22?,24?,25?,26-,27?,31?,32+;/m1./s1. The molecule has 6 aliphatic rings. The molecule has 288 valence electrons. The topological polar surface area (TPSA) is 113 Å². The van der Waals surface area contributed by atoms with Gasteiger partial charge in [-0.25, -0.2) is 9.18 Å². The third-order valence-corrected chi connectivity index (χ3v) is 12.8. The number of carbonyl (C=O) groups excluding carboxylic acids is 2. The summed E-state index contributed by atoms with van der Waals surface area (Å²) in [5.74, 6) is -0.921. The molecule has 1 aromatic rings. The summed E-state index contributed by atoms with van der Waals surface area (Å²) < 4.78 is 37.9. The Balaban J connectivity index is 0.000000452. The molecule has 3 saturated carbocycles. The fraction of sp³-hybridized carbons (Fsp3) is 0.775. The second kappa shape index (κ2) is 15.9. The molecule has 7 rings (SSSR count). The van der Waals surface area contributed by atoms with Gasteiger partial charge in [0.15, 0.2) is 0 Å². The first kappa shape index (κ1) is 40.5. The van der Waals surface area contributed by atoms with Crippen LogP contribution in [0.2, 0.25) is 0 Å². The summed E-state index contributed by atoms with van der Waals surface area (Å²) in [7, 11) is -0.682. The highest BCUT2D eigenvalue weighted by molar-refractivity contribution is 6.47. The second-order valence-electron chi connectivity index (χ2n) is 17.8. The number of alkyl carbamates (subject to hydrolysis) is 1. The maximum absolute atomic E-state index is 13.6. The van der Waals surface area contributed by atoms with Gasteiger partial charge in [-0.2, -0.15) is 5.26 Å². The quantitative estimate of drug-likeness (QED) is 0.285. The van der Waals surface area contributed by atoms with E-state index in [-0.39, 0.29) is 35.9 Å². The van der Waals surface area contributed by atoms with E-state index < -0.39 is 36.2 Å². The Bertz CT molecular complexity index is 1440. The van der Waals surface area contributed by atoms with E-state index >= 15 is 0 Å². The zero-order chi connectivity index (χ0) is 38.1. The Kier molecular flexibility index (Phi) is 12.4. The van der Waals surface area contributed by atoms with Gasteiger partial charge in [0.25, 0.3) is 0 Å². The van der Waals surface area contributed by atoms with E-state index in [1.54, 1.807) is 24.0 Å². The third kappa shape index (κ3) is 8.48. The molecule has 2 amide bonds. The number of rotatable bonds is 9. The van der Waals surface area contributed by atoms with Gasteiger partial charge in [-0.3, -0.25) is 9.69 Å². The number of morpholine rings is 1. The van der Waals surface area contributed by atoms with Gasteiger partial charge in [0.1, 0.15) is 18.3 Å². The van der Waals surface area contributed by atoms with Gasteiger partial charge in [0.05, 0.1) is 42.5 Å². The molecule has 3 aliphatic heterocycles. The van der Waals surface area contributed by atoms with E-state index in [9.17, 15) is 19.2 Å². The molecule has 0 radical (unpaired) electrons. The first-order chi connectivity index (χ1) is 24.4. The summed E-state index contributed by atoms with van der Waals surface area (Å²) in [6.07, 6.45) is 4.97. The molecule has 0 aromatic heterocycles. The Morgan fingerprint density at radius 1 is 1.13 bits per heavy atom. The largest absolute Gasteiger partial charge is 0.482 e. The van der Waals surface area contributed by atoms with Gasteiger partial charge in [-0.15, -0.1) is 0 Å². The number of carbonyl (C=O) groups is 2. The third-order valence-electron chi connectivity index (χ3n) is 12.8. The van der Waals surface area contributed by atoms with Crippen LogP contribution in [0.1, 0.15) is 106 Å². The van der Waals surface area contributed by atoms with Crippen LogP contribution in [0.5, 0.6) is 0 Å². The van der Waals surface area contributed by atoms with Crippen molar-refractivity contribution in [1.82, 2.24) is 15.1 Å². The first-order valence-electron chi connectivity index (χ1n) is 19.5. The molecule has 2 bridgehead atoms. The Morgan fingerprint density at radius 2 is 1.81 bits per heavy atom. The van der Waals surface area contributed by atoms with Crippen LogP contribution in [0.3, 0.4) is 0 Å². The molecule has 52 heavy (non-hydrogen) atoms. The molecule has 3 heterocycles. The second-order valence-corrected chi connectivity index (χ2v) is 17.8. The van der Waals surface area contributed by atoms with Crippen LogP contribution < -0.4 is 5.32 Å². The fourth-order valence-corrected chi connectivity index (χ4v) is 9.44. The SMILES string of the molecule is CC(C)(C)N1CCOCC1.CCCC1CCC(C)(COC(=O)NC(Cc2ccc(F)cc2)B2O[C@@H]3CC4CC(C4(C)C)[C@]3(C)O2)N1C(=O)C(C)C#N. The van der Waals surface area contributed by atoms with Gasteiger partial charge in [-0.05, 0) is 115 Å². The highest BCUT2D eigenvalue weighted by Crippen LogP contribution is 2.65. The number of amides is 2. The number of nitrogens with zero attached hydrogens (tertiary/aromatic N) is 3. The summed E-state index contributed by atoms with van der Waals surface area (Å²) >= 11 is 0. The maximum Gasteiger partial charge on any atom is 0.482 e. The van der Waals surface area contributed by atoms with Crippen molar-refractivity contribution in [1.29, 1.82) is 5.26 Å². The molecule has 3 aliphatic carbocycles. The predicted molar refractivity (Wildman–Crippen MR) is 199 cm³/mol. The number of nitrogens with one attached hydrogen (secondary N) is 1. The van der Waals surface area contributed by atoms with E-state index in [1.165, 1.54) is 12.1 Å². The van der Waals surface area contributed by atoms with Crippen LogP contribution in [0.25, 0.3) is 0 Å². The number of hydrogen-bond donors (Lipinski definition) is 1. The lowest BCUT2D eigenvalue weighted by molar-refractivity contribution is -0.199. The van der Waals surface area contributed by atoms with Crippen molar-refractivity contribution in [3.05, 3.63) is 35.6 Å². The van der Waals surface area contributed by atoms with Crippen molar-refractivity contribution in [2.24, 2.45) is 23.2 Å². The Morgan fingerprint density at radius 3 is 2.38 bits per heavy atom. The van der Waals surface area contributed by atoms with Crippen molar-refractivity contribution < 1.29 is 32.8 Å². The van der Waals surface area contributed by atoms with E-state index in [0.717, 1.165) is 64.0 Å². The van der Waals surface area contributed by atoms with Crippen LogP contribution >= 0.6 is 0 Å². The lowest BCUT2D eigenvalue weighted by atomic mass is 9.43. The van der Waals surface area contributed by atoms with Gasteiger partial charge in [0.2, 0.25) is 5.91 Å². The number of halogens is 1. The van der Waals surface area contributed by atoms with Crippen molar-refractivity contribution in [3.8, 4) is 6.07 Å². The van der Waals surface area contributed by atoms with Crippen LogP contribution in [-0.2, 0) is 30.0 Å². The molecule has 0 spiro atoms. The number of hydrogen-bond acceptors (Lipinski definition) is 8. The van der Waals surface area contributed by atoms with E-state index in [0.29, 0.717) is 30.2 Å². The highest BCUT2D eigenvalue weighted by Gasteiger charge is 2.68. The Labute approximate surface area is 311 Å². The van der Waals surface area contributed by atoms with Gasteiger partial charge in [0, 0.05) is 24.7 Å². The normalized spacial score (nSPS) is 32.0. The Hall–Kier alpha value is -2.72. The monoisotopic (exact) mass is 724 g/mol. The molecular weight excluding hydrogens is 662 g/mol. The average molecular weight is 725 g/mol. The summed E-state index contributed by atoms with van der Waals surface area (Å²) in [6.45, 7) is 23.1. The fourth-order valence-electron chi connectivity index (χ4n) is 9.44. The summed E-state index contributed by atoms with van der Waals surface area (Å²) in [4.78, 5) is 30.8. The van der Waals surface area contributed by atoms with Crippen molar-refractivity contribution in [2.45, 2.75) is 142 Å². The lowest BCUT2D eigenvalue weighted by Crippen LogP contribution is -2.65. The zero-order valence-electron chi connectivity index (χ0n) is 33.0. The molecular formula is C40H62BFN4O6. The number of benzene rings is 1. The van der Waals surface area contributed by atoms with Gasteiger partial charge >= 0.3 is 13.2 Å². The minimum atomic E-state index is -0.770. The summed E-state index contributed by atoms with van der Waals surface area (Å²) in [5.41, 5.74) is 0.191. The van der Waals surface area contributed by atoms with E-state index in [1.807, 2.05) is 6.92 Å². The summed E-state index contributed by atoms with van der Waals surface area (Å²) in [5, 5.41) is 12.4. The van der Waals surface area contributed by atoms with Crippen LogP contribution in [-0.4, -0.2) is 96.6 Å². The van der Waals surface area contributed by atoms with Crippen LogP contribution in [0.15, 0.2) is 24.3 Å². The van der Waals surface area contributed by atoms with Crippen molar-refractivity contribution >= 4 is 19.1 Å². The molecule has 10 nitrogen and oxygen atoms in total. The lowest BCUT2D eigenvalue weighted by Gasteiger charge is -2.64. The molecule has 1 N–H and O–H groups in total. The summed E-state index contributed by atoms with van der Waals surface area (Å²) in [6, 6.07) is 8.29. The van der Waals surface area contributed by atoms with Gasteiger partial charge in [-0.1, -0.05) is 39.3 Å². The predicted octanol–water partition coefficient (Wildman–Crippen LogP) is 6.56. The molecule has 6 unspecified atom stereocenters. The van der Waals surface area contributed by atoms with Gasteiger partial charge < -0.3 is 29.0 Å². The van der Waals surface area contributed by atoms with Crippen molar-refractivity contribution in [2.75, 3.05) is 32.9 Å². The zero-order valence-corrected chi connectivity index (χ0v) is 33.0.